The highest BCUT2D eigenvalue weighted by Crippen LogP contribution is 1.97. The maximum atomic E-state index is 10.0. The second-order valence-electron chi connectivity index (χ2n) is 3.04. The van der Waals surface area contributed by atoms with E-state index in [0.29, 0.717) is 0 Å². The molecule has 0 rings (SSSR count). The maximum absolute atomic E-state index is 10.0. The van der Waals surface area contributed by atoms with Crippen LogP contribution in [0.25, 0.3) is 0 Å². The van der Waals surface area contributed by atoms with Gasteiger partial charge in [-0.25, -0.2) is 4.79 Å². The van der Waals surface area contributed by atoms with Gasteiger partial charge in [-0.05, 0) is 39.9 Å². The van der Waals surface area contributed by atoms with Crippen molar-refractivity contribution in [1.82, 2.24) is 4.90 Å². The molecule has 0 fully saturated rings. The normalized spacial score (nSPS) is 10.4. The Balaban J connectivity index is 0. The third kappa shape index (κ3) is 14.3. The van der Waals surface area contributed by atoms with Crippen molar-refractivity contribution >= 4 is 18.4 Å². The molecule has 4 heteroatoms. The van der Waals surface area contributed by atoms with E-state index in [2.05, 4.69) is 4.90 Å². The summed E-state index contributed by atoms with van der Waals surface area (Å²) in [5.41, 5.74) is 0. The van der Waals surface area contributed by atoms with Crippen LogP contribution in [0.5, 0.6) is 0 Å². The van der Waals surface area contributed by atoms with E-state index in [1.54, 1.807) is 6.08 Å². The fourth-order valence-corrected chi connectivity index (χ4v) is 0.874. The largest absolute Gasteiger partial charge is 0.478 e. The number of unbranched alkanes of at least 4 members (excludes halogenated alkanes) is 2. The summed E-state index contributed by atoms with van der Waals surface area (Å²) in [7, 11) is 4.07. The molecule has 1 N–H and O–H groups in total. The van der Waals surface area contributed by atoms with Crippen LogP contribution < -0.4 is 0 Å². The van der Waals surface area contributed by atoms with Crippen LogP contribution in [0.3, 0.4) is 0 Å². The van der Waals surface area contributed by atoms with Crippen molar-refractivity contribution in [1.29, 1.82) is 0 Å². The third-order valence-electron chi connectivity index (χ3n) is 1.49. The molecule has 0 aliphatic heterocycles. The van der Waals surface area contributed by atoms with Gasteiger partial charge in [-0.2, -0.15) is 0 Å². The number of carboxylic acids is 1. The molecule has 0 radical (unpaired) electrons. The van der Waals surface area contributed by atoms with Gasteiger partial charge in [0.25, 0.3) is 0 Å². The van der Waals surface area contributed by atoms with Crippen molar-refractivity contribution in [3.63, 3.8) is 0 Å². The van der Waals surface area contributed by atoms with E-state index in [-0.39, 0.29) is 12.4 Å². The van der Waals surface area contributed by atoms with Crippen LogP contribution in [-0.2, 0) is 4.79 Å². The van der Waals surface area contributed by atoms with Gasteiger partial charge in [0.15, 0.2) is 0 Å². The van der Waals surface area contributed by atoms with Crippen molar-refractivity contribution in [2.24, 2.45) is 0 Å². The van der Waals surface area contributed by atoms with Gasteiger partial charge >= 0.3 is 5.97 Å². The Morgan fingerprint density at radius 1 is 1.38 bits per heavy atom. The Kier molecular flexibility index (Phi) is 11.0. The Hall–Kier alpha value is -0.540. The highest BCUT2D eigenvalue weighted by molar-refractivity contribution is 5.85. The number of aliphatic carboxylic acids is 1. The number of hydrogen-bond donors (Lipinski definition) is 1. The molecular weight excluding hydrogens is 190 g/mol. The second-order valence-corrected chi connectivity index (χ2v) is 3.04. The number of carbonyl (C=O) groups is 1. The van der Waals surface area contributed by atoms with Gasteiger partial charge < -0.3 is 10.0 Å². The lowest BCUT2D eigenvalue weighted by molar-refractivity contribution is -0.131. The highest BCUT2D eigenvalue weighted by atomic mass is 35.5. The molecule has 0 atom stereocenters. The van der Waals surface area contributed by atoms with Crippen LogP contribution in [-0.4, -0.2) is 36.6 Å². The smallest absolute Gasteiger partial charge is 0.327 e. The molecule has 78 valence electrons. The molecule has 0 aromatic heterocycles. The zero-order chi connectivity index (χ0) is 9.40. The minimum absolute atomic E-state index is 0. The summed E-state index contributed by atoms with van der Waals surface area (Å²) in [6.07, 6.45) is 5.95. The first-order chi connectivity index (χ1) is 5.63. The molecule has 0 heterocycles. The Bertz CT molecular complexity index is 158. The van der Waals surface area contributed by atoms with Crippen LogP contribution >= 0.6 is 12.4 Å². The lowest BCUT2D eigenvalue weighted by atomic mass is 10.2. The molecule has 0 saturated heterocycles. The van der Waals surface area contributed by atoms with E-state index < -0.39 is 5.97 Å². The Morgan fingerprint density at radius 2 is 2.00 bits per heavy atom. The SMILES string of the molecule is CN(C)CCCC/C=C/C(=O)O.Cl. The second kappa shape index (κ2) is 9.55. The predicted molar refractivity (Wildman–Crippen MR) is 56.4 cm³/mol. The number of allylic oxidation sites excluding steroid dienone is 1. The molecule has 0 unspecified atom stereocenters. The van der Waals surface area contributed by atoms with Crippen LogP contribution in [0.1, 0.15) is 19.3 Å². The van der Waals surface area contributed by atoms with E-state index in [0.717, 1.165) is 25.8 Å². The molecule has 0 aromatic carbocycles. The first-order valence-electron chi connectivity index (χ1n) is 4.17. The first kappa shape index (κ1) is 15.0. The van der Waals surface area contributed by atoms with E-state index in [9.17, 15) is 4.79 Å². The van der Waals surface area contributed by atoms with Gasteiger partial charge in [-0.3, -0.25) is 0 Å². The van der Waals surface area contributed by atoms with Crippen LogP contribution in [0.15, 0.2) is 12.2 Å². The summed E-state index contributed by atoms with van der Waals surface area (Å²) >= 11 is 0. The Labute approximate surface area is 85.8 Å². The summed E-state index contributed by atoms with van der Waals surface area (Å²) in [4.78, 5) is 12.2. The van der Waals surface area contributed by atoms with Crippen molar-refractivity contribution in [3.05, 3.63) is 12.2 Å². The number of carboxylic acid groups (broad SMARTS) is 1. The fraction of sp³-hybridized carbons (Fsp3) is 0.667. The van der Waals surface area contributed by atoms with Crippen LogP contribution in [0, 0.1) is 0 Å². The van der Waals surface area contributed by atoms with E-state index in [1.165, 1.54) is 6.08 Å². The number of nitrogens with zero attached hydrogens (tertiary/aromatic N) is 1. The molecule has 13 heavy (non-hydrogen) atoms. The molecule has 0 aliphatic rings. The zero-order valence-electron chi connectivity index (χ0n) is 8.19. The summed E-state index contributed by atoms with van der Waals surface area (Å²) < 4.78 is 0. The highest BCUT2D eigenvalue weighted by Gasteiger charge is 1.89. The monoisotopic (exact) mass is 207 g/mol. The number of hydrogen-bond acceptors (Lipinski definition) is 2. The van der Waals surface area contributed by atoms with Gasteiger partial charge in [0, 0.05) is 6.08 Å². The number of halogens is 1. The van der Waals surface area contributed by atoms with Gasteiger partial charge in [0.2, 0.25) is 0 Å². The lowest BCUT2D eigenvalue weighted by Crippen LogP contribution is -2.12. The molecule has 0 aliphatic carbocycles. The molecule has 3 nitrogen and oxygen atoms in total. The maximum Gasteiger partial charge on any atom is 0.327 e. The van der Waals surface area contributed by atoms with Gasteiger partial charge in [-0.1, -0.05) is 6.08 Å². The molecular formula is C9H18ClNO2. The minimum atomic E-state index is -0.859. The van der Waals surface area contributed by atoms with E-state index >= 15 is 0 Å². The summed E-state index contributed by atoms with van der Waals surface area (Å²) in [6.45, 7) is 1.07. The Morgan fingerprint density at radius 3 is 2.46 bits per heavy atom. The summed E-state index contributed by atoms with van der Waals surface area (Å²) in [5, 5.41) is 8.26. The quantitative estimate of drug-likeness (QED) is 0.533. The molecule has 0 spiro atoms. The average Bonchev–Trinajstić information content (AvgIpc) is 1.95. The van der Waals surface area contributed by atoms with Crippen LogP contribution in [0.4, 0.5) is 0 Å². The van der Waals surface area contributed by atoms with Crippen molar-refractivity contribution in [2.45, 2.75) is 19.3 Å². The standard InChI is InChI=1S/C9H17NO2.ClH/c1-10(2)8-6-4-3-5-7-9(11)12;/h5,7H,3-4,6,8H2,1-2H3,(H,11,12);1H/b7-5+;. The van der Waals surface area contributed by atoms with E-state index in [1.807, 2.05) is 14.1 Å². The molecule has 0 amide bonds. The third-order valence-corrected chi connectivity index (χ3v) is 1.49. The summed E-state index contributed by atoms with van der Waals surface area (Å²) in [5.74, 6) is -0.859. The van der Waals surface area contributed by atoms with Gasteiger partial charge in [0.1, 0.15) is 0 Å². The van der Waals surface area contributed by atoms with Crippen molar-refractivity contribution in [2.75, 3.05) is 20.6 Å². The van der Waals surface area contributed by atoms with Gasteiger partial charge in [-0.15, -0.1) is 12.4 Å². The molecule has 0 saturated carbocycles. The van der Waals surface area contributed by atoms with Crippen molar-refractivity contribution < 1.29 is 9.90 Å². The molecule has 0 aromatic rings. The lowest BCUT2D eigenvalue weighted by Gasteiger charge is -2.07. The number of rotatable bonds is 6. The summed E-state index contributed by atoms with van der Waals surface area (Å²) in [6, 6.07) is 0. The zero-order valence-corrected chi connectivity index (χ0v) is 9.01. The first-order valence-corrected chi connectivity index (χ1v) is 4.17. The van der Waals surface area contributed by atoms with E-state index in [4.69, 9.17) is 5.11 Å². The molecule has 0 bridgehead atoms. The average molecular weight is 208 g/mol. The predicted octanol–water partition coefficient (Wildman–Crippen LogP) is 1.78. The topological polar surface area (TPSA) is 40.5 Å². The minimum Gasteiger partial charge on any atom is -0.478 e. The van der Waals surface area contributed by atoms with Gasteiger partial charge in [0.05, 0.1) is 0 Å². The van der Waals surface area contributed by atoms with Crippen molar-refractivity contribution in [3.8, 4) is 0 Å². The fourth-order valence-electron chi connectivity index (χ4n) is 0.874. The van der Waals surface area contributed by atoms with Crippen LogP contribution in [0.2, 0.25) is 0 Å².